The summed E-state index contributed by atoms with van der Waals surface area (Å²) in [5, 5.41) is 0.671. The first-order valence-electron chi connectivity index (χ1n) is 5.83. The van der Waals surface area contributed by atoms with Crippen LogP contribution in [0.5, 0.6) is 0 Å². The number of halogens is 2. The topological polar surface area (TPSA) is 51.5 Å². The van der Waals surface area contributed by atoms with E-state index in [0.717, 1.165) is 0 Å². The molecule has 1 amide bonds. The third-order valence-electron chi connectivity index (χ3n) is 3.35. The number of likely N-dealkylation sites (tertiary alicyclic amines) is 1. The van der Waals surface area contributed by atoms with Gasteiger partial charge in [0.15, 0.2) is 0 Å². The fourth-order valence-corrected chi connectivity index (χ4v) is 2.59. The first kappa shape index (κ1) is 14.2. The highest BCUT2D eigenvalue weighted by molar-refractivity contribution is 6.41. The van der Waals surface area contributed by atoms with Crippen LogP contribution >= 0.6 is 23.2 Å². The quantitative estimate of drug-likeness (QED) is 0.785. The van der Waals surface area contributed by atoms with Crippen molar-refractivity contribution in [1.29, 1.82) is 0 Å². The van der Waals surface area contributed by atoms with Crippen molar-refractivity contribution >= 4 is 35.1 Å². The number of hydrogen-bond acceptors (Lipinski definition) is 3. The molecule has 0 saturated carbocycles. The molecule has 1 atom stereocenters. The maximum atomic E-state index is 12.3. The van der Waals surface area contributed by atoms with Gasteiger partial charge in [0.05, 0.1) is 18.1 Å². The zero-order chi connectivity index (χ0) is 14.2. The van der Waals surface area contributed by atoms with Crippen molar-refractivity contribution < 1.29 is 14.3 Å². The number of ether oxygens (including phenoxy) is 1. The number of hydrogen-bond donors (Lipinski definition) is 0. The van der Waals surface area contributed by atoms with Gasteiger partial charge in [-0.05, 0) is 12.5 Å². The van der Waals surface area contributed by atoms with Crippen molar-refractivity contribution in [3.63, 3.8) is 0 Å². The van der Waals surface area contributed by atoms with Crippen LogP contribution in [0.3, 0.4) is 0 Å². The van der Waals surface area contributed by atoms with Crippen molar-refractivity contribution in [1.82, 2.24) is 9.47 Å². The number of nitrogens with zero attached hydrogens (tertiary/aromatic N) is 2. The number of rotatable bonds is 2. The molecule has 0 radical (unpaired) electrons. The van der Waals surface area contributed by atoms with Gasteiger partial charge in [0.25, 0.3) is 5.91 Å². The second-order valence-electron chi connectivity index (χ2n) is 4.49. The lowest BCUT2D eigenvalue weighted by atomic mass is 10.1. The van der Waals surface area contributed by atoms with Crippen LogP contribution in [-0.2, 0) is 16.6 Å². The summed E-state index contributed by atoms with van der Waals surface area (Å²) in [7, 11) is 3.03. The fraction of sp³-hybridized carbons (Fsp3) is 0.500. The Morgan fingerprint density at radius 2 is 2.11 bits per heavy atom. The van der Waals surface area contributed by atoms with Gasteiger partial charge in [-0.1, -0.05) is 23.2 Å². The van der Waals surface area contributed by atoms with Gasteiger partial charge >= 0.3 is 5.97 Å². The molecule has 0 N–H and O–H groups in total. The lowest BCUT2D eigenvalue weighted by Crippen LogP contribution is -2.31. The Morgan fingerprint density at radius 3 is 2.63 bits per heavy atom. The Bertz CT molecular complexity index is 527. The third kappa shape index (κ3) is 2.58. The minimum atomic E-state index is -0.279. The molecule has 1 aliphatic heterocycles. The van der Waals surface area contributed by atoms with E-state index in [9.17, 15) is 9.59 Å². The van der Waals surface area contributed by atoms with Gasteiger partial charge in [0.1, 0.15) is 10.8 Å². The van der Waals surface area contributed by atoms with E-state index in [4.69, 9.17) is 27.9 Å². The number of carbonyl (C=O) groups is 2. The number of methoxy groups -OCH3 is 1. The van der Waals surface area contributed by atoms with Gasteiger partial charge in [-0.3, -0.25) is 9.59 Å². The first-order valence-corrected chi connectivity index (χ1v) is 6.59. The van der Waals surface area contributed by atoms with Gasteiger partial charge in [-0.25, -0.2) is 0 Å². The molecule has 2 heterocycles. The molecule has 1 fully saturated rings. The van der Waals surface area contributed by atoms with E-state index in [0.29, 0.717) is 35.4 Å². The lowest BCUT2D eigenvalue weighted by molar-refractivity contribution is -0.144. The number of esters is 1. The van der Waals surface area contributed by atoms with E-state index in [1.807, 2.05) is 0 Å². The minimum Gasteiger partial charge on any atom is -0.469 e. The number of aromatic nitrogens is 1. The molecule has 1 aliphatic rings. The molecule has 0 aromatic carbocycles. The lowest BCUT2D eigenvalue weighted by Gasteiger charge is -2.16. The largest absolute Gasteiger partial charge is 0.469 e. The van der Waals surface area contributed by atoms with Crippen molar-refractivity contribution in [3.05, 3.63) is 21.9 Å². The van der Waals surface area contributed by atoms with Crippen LogP contribution < -0.4 is 0 Å². The fourth-order valence-electron chi connectivity index (χ4n) is 2.21. The summed E-state index contributed by atoms with van der Waals surface area (Å²) >= 11 is 11.8. The van der Waals surface area contributed by atoms with Gasteiger partial charge < -0.3 is 14.2 Å². The van der Waals surface area contributed by atoms with E-state index in [2.05, 4.69) is 0 Å². The molecule has 1 aromatic rings. The van der Waals surface area contributed by atoms with Gasteiger partial charge in [0.2, 0.25) is 0 Å². The maximum Gasteiger partial charge on any atom is 0.310 e. The van der Waals surface area contributed by atoms with Crippen molar-refractivity contribution in [2.24, 2.45) is 13.0 Å². The Morgan fingerprint density at radius 1 is 1.42 bits per heavy atom. The summed E-state index contributed by atoms with van der Waals surface area (Å²) in [4.78, 5) is 25.4. The average molecular weight is 305 g/mol. The Labute approximate surface area is 121 Å². The van der Waals surface area contributed by atoms with E-state index in [1.165, 1.54) is 17.7 Å². The standard InChI is InChI=1S/C12H14Cl2N2O3/c1-15-9(5-8(13)10(15)14)11(17)16-4-3-7(6-16)12(18)19-2/h5,7H,3-4,6H2,1-2H3. The summed E-state index contributed by atoms with van der Waals surface area (Å²) in [6.07, 6.45) is 0.615. The SMILES string of the molecule is COC(=O)C1CCN(C(=O)c2cc(Cl)c(Cl)n2C)C1. The van der Waals surface area contributed by atoms with Crippen LogP contribution in [0.1, 0.15) is 16.9 Å². The summed E-state index contributed by atoms with van der Waals surface area (Å²) in [5.74, 6) is -0.707. The predicted molar refractivity (Wildman–Crippen MR) is 71.5 cm³/mol. The smallest absolute Gasteiger partial charge is 0.310 e. The first-order chi connectivity index (χ1) is 8.95. The molecule has 2 rings (SSSR count). The second kappa shape index (κ2) is 5.43. The number of carbonyl (C=O) groups excluding carboxylic acids is 2. The second-order valence-corrected chi connectivity index (χ2v) is 5.25. The molecule has 7 heteroatoms. The summed E-state index contributed by atoms with van der Waals surface area (Å²) < 4.78 is 6.23. The third-order valence-corrected chi connectivity index (χ3v) is 4.19. The van der Waals surface area contributed by atoms with Crippen LogP contribution in [0.4, 0.5) is 0 Å². The van der Waals surface area contributed by atoms with Crippen LogP contribution in [0.15, 0.2) is 6.07 Å². The summed E-state index contributed by atoms with van der Waals surface area (Å²) in [5.41, 5.74) is 0.417. The number of amides is 1. The summed E-state index contributed by atoms with van der Waals surface area (Å²) in [6, 6.07) is 1.54. The monoisotopic (exact) mass is 304 g/mol. The normalized spacial score (nSPS) is 18.7. The van der Waals surface area contributed by atoms with Gasteiger partial charge in [0, 0.05) is 20.1 Å². The molecule has 1 aromatic heterocycles. The molecule has 19 heavy (non-hydrogen) atoms. The van der Waals surface area contributed by atoms with Crippen LogP contribution in [0, 0.1) is 5.92 Å². The van der Waals surface area contributed by atoms with E-state index < -0.39 is 0 Å². The molecule has 5 nitrogen and oxygen atoms in total. The van der Waals surface area contributed by atoms with Gasteiger partial charge in [-0.2, -0.15) is 0 Å². The maximum absolute atomic E-state index is 12.3. The zero-order valence-electron chi connectivity index (χ0n) is 10.7. The molecule has 104 valence electrons. The molecular weight excluding hydrogens is 291 g/mol. The predicted octanol–water partition coefficient (Wildman–Crippen LogP) is 1.97. The molecule has 1 saturated heterocycles. The van der Waals surface area contributed by atoms with Crippen LogP contribution in [-0.4, -0.2) is 41.5 Å². The Balaban J connectivity index is 2.13. The van der Waals surface area contributed by atoms with Crippen molar-refractivity contribution in [2.75, 3.05) is 20.2 Å². The highest BCUT2D eigenvalue weighted by Crippen LogP contribution is 2.27. The summed E-state index contributed by atoms with van der Waals surface area (Å²) in [6.45, 7) is 0.894. The van der Waals surface area contributed by atoms with E-state index >= 15 is 0 Å². The molecule has 1 unspecified atom stereocenters. The van der Waals surface area contributed by atoms with Crippen LogP contribution in [0.25, 0.3) is 0 Å². The average Bonchev–Trinajstić information content (AvgIpc) is 2.98. The molecule has 0 bridgehead atoms. The highest BCUT2D eigenvalue weighted by Gasteiger charge is 2.33. The molecule has 0 spiro atoms. The Kier molecular flexibility index (Phi) is 4.06. The van der Waals surface area contributed by atoms with Crippen molar-refractivity contribution in [3.8, 4) is 0 Å². The minimum absolute atomic E-state index is 0.178. The highest BCUT2D eigenvalue weighted by atomic mass is 35.5. The Hall–Kier alpha value is -1.20. The van der Waals surface area contributed by atoms with E-state index in [-0.39, 0.29) is 17.8 Å². The zero-order valence-corrected chi connectivity index (χ0v) is 12.2. The molecule has 0 aliphatic carbocycles. The van der Waals surface area contributed by atoms with Gasteiger partial charge in [-0.15, -0.1) is 0 Å². The van der Waals surface area contributed by atoms with E-state index in [1.54, 1.807) is 11.9 Å². The molecular formula is C12H14Cl2N2O3. The van der Waals surface area contributed by atoms with Crippen molar-refractivity contribution in [2.45, 2.75) is 6.42 Å². The van der Waals surface area contributed by atoms with Crippen LogP contribution in [0.2, 0.25) is 10.2 Å².